The average Bonchev–Trinajstić information content (AvgIpc) is 2.63. The summed E-state index contributed by atoms with van der Waals surface area (Å²) in [6, 6.07) is 6.13. The molecule has 0 saturated heterocycles. The van der Waals surface area contributed by atoms with Crippen LogP contribution in [0.4, 0.5) is 0 Å². The van der Waals surface area contributed by atoms with Gasteiger partial charge < -0.3 is 5.11 Å². The molecule has 17 heavy (non-hydrogen) atoms. The highest BCUT2D eigenvalue weighted by molar-refractivity contribution is 7.92. The summed E-state index contributed by atoms with van der Waals surface area (Å²) in [7, 11) is -3.52. The van der Waals surface area contributed by atoms with Gasteiger partial charge in [0.1, 0.15) is 0 Å². The van der Waals surface area contributed by atoms with E-state index in [4.69, 9.17) is 8.00 Å². The summed E-state index contributed by atoms with van der Waals surface area (Å²) in [6.45, 7) is 6.92. The largest absolute Gasteiger partial charge is 0.486 e. The van der Waals surface area contributed by atoms with Gasteiger partial charge in [-0.15, -0.1) is 0 Å². The van der Waals surface area contributed by atoms with E-state index in [1.165, 1.54) is 12.1 Å². The molecule has 1 heterocycles. The Morgan fingerprint density at radius 1 is 1.47 bits per heavy atom. The molecule has 0 amide bonds. The van der Waals surface area contributed by atoms with E-state index >= 15 is 0 Å². The van der Waals surface area contributed by atoms with Gasteiger partial charge in [0.15, 0.2) is 9.84 Å². The number of benzene rings is 1. The van der Waals surface area contributed by atoms with Crippen molar-refractivity contribution < 1.29 is 18.3 Å². The van der Waals surface area contributed by atoms with Crippen LogP contribution in [0.15, 0.2) is 34.9 Å². The van der Waals surface area contributed by atoms with Crippen molar-refractivity contribution in [2.24, 2.45) is 0 Å². The SMILES string of the molecule is [3H]OC(=O)C([N+]#[C-])=C1CS(=O)(=O)c2ccccc21. The van der Waals surface area contributed by atoms with E-state index in [2.05, 4.69) is 9.95 Å². The predicted octanol–water partition coefficient (Wildman–Crippen LogP) is 1.19. The van der Waals surface area contributed by atoms with Gasteiger partial charge in [0.2, 0.25) is 0 Å². The van der Waals surface area contributed by atoms with E-state index < -0.39 is 27.3 Å². The van der Waals surface area contributed by atoms with Crippen molar-refractivity contribution in [1.29, 1.82) is 1.43 Å². The van der Waals surface area contributed by atoms with Crippen molar-refractivity contribution in [2.45, 2.75) is 4.90 Å². The second-order valence-electron chi connectivity index (χ2n) is 3.48. The van der Waals surface area contributed by atoms with E-state index in [1.807, 2.05) is 0 Å². The van der Waals surface area contributed by atoms with E-state index in [0.29, 0.717) is 5.56 Å². The Bertz CT molecular complexity index is 700. The lowest BCUT2D eigenvalue weighted by Crippen LogP contribution is -2.03. The number of rotatable bonds is 1. The quantitative estimate of drug-likeness (QED) is 0.601. The number of carbonyl (C=O) groups is 1. The molecule has 0 aliphatic carbocycles. The van der Waals surface area contributed by atoms with Gasteiger partial charge in [-0.1, -0.05) is 18.2 Å². The highest BCUT2D eigenvalue weighted by Gasteiger charge is 2.33. The van der Waals surface area contributed by atoms with Crippen LogP contribution < -0.4 is 0 Å². The Kier molecular flexibility index (Phi) is 2.20. The second-order valence-corrected chi connectivity index (χ2v) is 5.44. The van der Waals surface area contributed by atoms with Crippen LogP contribution in [0.3, 0.4) is 0 Å². The molecule has 0 atom stereocenters. The summed E-state index contributed by atoms with van der Waals surface area (Å²) >= 11 is 0. The molecule has 1 aromatic carbocycles. The molecule has 1 N–H and O–H groups in total. The van der Waals surface area contributed by atoms with Crippen molar-refractivity contribution in [3.05, 3.63) is 46.9 Å². The number of hydrogen-bond donors (Lipinski definition) is 1. The molecule has 1 aromatic rings. The average molecular weight is 251 g/mol. The molecule has 1 aliphatic rings. The van der Waals surface area contributed by atoms with Crippen molar-refractivity contribution in [2.75, 3.05) is 5.75 Å². The first kappa shape index (κ1) is 10.1. The zero-order chi connectivity index (χ0) is 13.3. The molecule has 86 valence electrons. The molecule has 0 unspecified atom stereocenters. The number of carboxylic acids is 1. The third-order valence-corrected chi connectivity index (χ3v) is 4.17. The molecule has 0 bridgehead atoms. The zero-order valence-electron chi connectivity index (χ0n) is 9.50. The van der Waals surface area contributed by atoms with Gasteiger partial charge in [-0.2, -0.15) is 0 Å². The van der Waals surface area contributed by atoms with Crippen molar-refractivity contribution >= 4 is 21.4 Å². The number of nitrogens with zero attached hydrogens (tertiary/aromatic N) is 1. The summed E-state index contributed by atoms with van der Waals surface area (Å²) in [5, 5.41) is 3.74. The number of fused-ring (bicyclic) bond motifs is 1. The van der Waals surface area contributed by atoms with Gasteiger partial charge in [0, 0.05) is 0 Å². The number of hydrogen-bond acceptors (Lipinski definition) is 4. The second kappa shape index (κ2) is 3.71. The Morgan fingerprint density at radius 3 is 2.82 bits per heavy atom. The van der Waals surface area contributed by atoms with Gasteiger partial charge in [0.25, 0.3) is 7.13 Å². The maximum Gasteiger partial charge on any atom is 0.334 e. The van der Waals surface area contributed by atoms with Crippen molar-refractivity contribution in [1.82, 2.24) is 0 Å². The minimum absolute atomic E-state index is 0.0952. The normalized spacial score (nSPS) is 19.8. The molecule has 2 rings (SSSR count). The van der Waals surface area contributed by atoms with Crippen molar-refractivity contribution in [3.8, 4) is 0 Å². The summed E-state index contributed by atoms with van der Waals surface area (Å²) in [5.41, 5.74) is -0.0368. The Morgan fingerprint density at radius 2 is 2.18 bits per heavy atom. The van der Waals surface area contributed by atoms with Gasteiger partial charge >= 0.3 is 5.97 Å². The van der Waals surface area contributed by atoms with Crippen LogP contribution in [0.2, 0.25) is 0 Å². The van der Waals surface area contributed by atoms with Crippen molar-refractivity contribution in [3.63, 3.8) is 0 Å². The lowest BCUT2D eigenvalue weighted by molar-refractivity contribution is -0.132. The van der Waals surface area contributed by atoms with Crippen LogP contribution in [-0.2, 0) is 14.6 Å². The maximum atomic E-state index is 11.9. The van der Waals surface area contributed by atoms with Crippen LogP contribution in [0, 0.1) is 6.57 Å². The van der Waals surface area contributed by atoms with Crippen LogP contribution >= 0.6 is 0 Å². The van der Waals surface area contributed by atoms with Gasteiger partial charge in [-0.3, -0.25) is 4.79 Å². The molecule has 5 nitrogen and oxygen atoms in total. The van der Waals surface area contributed by atoms with Crippen LogP contribution in [0.5, 0.6) is 0 Å². The fourth-order valence-corrected chi connectivity index (χ4v) is 3.40. The third-order valence-electron chi connectivity index (χ3n) is 2.47. The molecule has 0 radical (unpaired) electrons. The zero-order valence-corrected chi connectivity index (χ0v) is 9.32. The first-order valence-corrected chi connectivity index (χ1v) is 6.26. The topological polar surface area (TPSA) is 75.8 Å². The third kappa shape index (κ3) is 1.70. The van der Waals surface area contributed by atoms with Gasteiger partial charge in [-0.05, 0) is 17.2 Å². The lowest BCUT2D eigenvalue weighted by atomic mass is 10.1. The molecular formula is C11H7NO4S. The molecule has 6 heteroatoms. The number of sulfone groups is 1. The first-order chi connectivity index (χ1) is 8.51. The summed E-state index contributed by atoms with van der Waals surface area (Å²) < 4.78 is 30.2. The fraction of sp³-hybridized carbons (Fsp3) is 0.0909. The predicted molar refractivity (Wildman–Crippen MR) is 59.7 cm³/mol. The molecule has 0 spiro atoms. The summed E-state index contributed by atoms with van der Waals surface area (Å²) in [5.74, 6) is -1.56. The number of aliphatic carboxylic acids is 1. The molecule has 0 saturated carbocycles. The highest BCUT2D eigenvalue weighted by Crippen LogP contribution is 2.36. The van der Waals surface area contributed by atoms with E-state index in [1.54, 1.807) is 12.1 Å². The number of carboxylic acid groups (broad SMARTS) is 1. The van der Waals surface area contributed by atoms with E-state index in [9.17, 15) is 13.2 Å². The monoisotopic (exact) mass is 251 g/mol. The summed E-state index contributed by atoms with van der Waals surface area (Å²) in [4.78, 5) is 14.3. The minimum Gasteiger partial charge on any atom is -0.486 e. The fourth-order valence-electron chi connectivity index (χ4n) is 1.76. The Labute approximate surface area is 99.2 Å². The minimum atomic E-state index is -3.52. The maximum absolute atomic E-state index is 11.9. The molecule has 1 aliphatic heterocycles. The summed E-state index contributed by atoms with van der Waals surface area (Å²) in [6.07, 6.45) is 0. The highest BCUT2D eigenvalue weighted by atomic mass is 32.2. The molecule has 0 fully saturated rings. The van der Waals surface area contributed by atoms with E-state index in [0.717, 1.165) is 0 Å². The van der Waals surface area contributed by atoms with Crippen LogP contribution in [-0.4, -0.2) is 25.2 Å². The smallest absolute Gasteiger partial charge is 0.334 e. The lowest BCUT2D eigenvalue weighted by Gasteiger charge is -1.99. The Hall–Kier alpha value is -2.13. The molecule has 0 aromatic heterocycles. The standard InChI is InChI=1S/C11H7NO4S/c1-12-10(11(13)14)8-6-17(15,16)9-5-3-2-4-7(8)9/h2-5H,6H2,(H,13,14)/i/hT. The van der Waals surface area contributed by atoms with Gasteiger partial charge in [0.05, 0.1) is 17.2 Å². The molecular weight excluding hydrogens is 242 g/mol. The van der Waals surface area contributed by atoms with Crippen LogP contribution in [0.1, 0.15) is 5.56 Å². The van der Waals surface area contributed by atoms with Crippen LogP contribution in [0.25, 0.3) is 11.8 Å². The first-order valence-electron chi connectivity index (χ1n) is 5.02. The van der Waals surface area contributed by atoms with E-state index in [-0.39, 0.29) is 10.5 Å². The Balaban J connectivity index is 2.75. The van der Waals surface area contributed by atoms with Gasteiger partial charge in [-0.25, -0.2) is 13.3 Å².